The number of carboxylic acid groups (broad SMARTS) is 2. The normalized spacial score (nSPS) is 9.97. The van der Waals surface area contributed by atoms with E-state index in [-0.39, 0.29) is 74.1 Å². The molecule has 0 aliphatic carbocycles. The number of carbonyl (C=O) groups is 4. The number of nitrogens with two attached hydrogens (primary N) is 5. The maximum Gasteiger partial charge on any atom is 1.00 e. The van der Waals surface area contributed by atoms with Crippen LogP contribution in [0.5, 0.6) is 0 Å². The van der Waals surface area contributed by atoms with Crippen molar-refractivity contribution < 1.29 is 116 Å². The molecular weight excluding hydrogens is 1350 g/mol. The molecule has 9 aromatic carbocycles. The molecular formula is C64H49F8KN12O6S4. The summed E-state index contributed by atoms with van der Waals surface area (Å²) in [6.45, 7) is 0.892. The number of aldehydes is 1. The van der Waals surface area contributed by atoms with Crippen LogP contribution in [0.15, 0.2) is 176 Å². The van der Waals surface area contributed by atoms with Crippen LogP contribution >= 0.6 is 34.0 Å². The van der Waals surface area contributed by atoms with Crippen LogP contribution in [0.2, 0.25) is 0 Å². The summed E-state index contributed by atoms with van der Waals surface area (Å²) in [5.74, 6) is -9.38. The summed E-state index contributed by atoms with van der Waals surface area (Å²) in [5.41, 5.74) is 34.1. The largest absolute Gasteiger partial charge is 1.00 e. The van der Waals surface area contributed by atoms with Gasteiger partial charge in [0.25, 0.3) is 5.91 Å². The zero-order valence-electron chi connectivity index (χ0n) is 49.1. The van der Waals surface area contributed by atoms with Crippen molar-refractivity contribution >= 4 is 145 Å². The second-order valence-corrected chi connectivity index (χ2v) is 22.0. The molecule has 15 N–H and O–H groups in total. The van der Waals surface area contributed by atoms with Crippen molar-refractivity contribution in [3.8, 4) is 5.40 Å². The number of para-hydroxylation sites is 4. The number of nitrogens with one attached hydrogen (secondary N) is 3. The van der Waals surface area contributed by atoms with Gasteiger partial charge in [-0.1, -0.05) is 100 Å². The maximum absolute atomic E-state index is 13.3. The number of anilines is 8. The van der Waals surface area contributed by atoms with Crippen molar-refractivity contribution in [1.82, 2.24) is 15.0 Å². The molecule has 3 heterocycles. The van der Waals surface area contributed by atoms with Gasteiger partial charge in [0, 0.05) is 48.1 Å². The van der Waals surface area contributed by atoms with Gasteiger partial charge in [0.15, 0.2) is 61.9 Å². The van der Waals surface area contributed by atoms with Gasteiger partial charge < -0.3 is 67.5 Å². The second-order valence-electron chi connectivity index (χ2n) is 18.7. The molecule has 3 aromatic heterocycles. The van der Waals surface area contributed by atoms with Gasteiger partial charge in [-0.25, -0.2) is 64.9 Å². The van der Waals surface area contributed by atoms with Gasteiger partial charge in [0.2, 0.25) is 0 Å². The van der Waals surface area contributed by atoms with Crippen molar-refractivity contribution in [2.24, 2.45) is 0 Å². The summed E-state index contributed by atoms with van der Waals surface area (Å²) in [6, 6.07) is 43.3. The monoisotopic (exact) mass is 1400 g/mol. The SMILES string of the molecule is N#C[S-].Nc1ccc(F)c(F)c1.Nc1ccccc1N.Nc1ccccc1NC(=O)c1ccc(CNc2nc3cc(F)c(F)cc3s2)cc1.Nc1nc2cc(F)c(F)cc2s1.O=C(O)c1ccc(CNc2nc3cc(F)c(F)cc3s2)cc1.O=Cc1ccc(C(=O)O)cc1.[K+]. The van der Waals surface area contributed by atoms with Crippen LogP contribution in [0.1, 0.15) is 52.6 Å². The number of aromatic carboxylic acids is 2. The van der Waals surface area contributed by atoms with Crippen molar-refractivity contribution in [3.63, 3.8) is 0 Å². The van der Waals surface area contributed by atoms with E-state index in [1.165, 1.54) is 70.5 Å². The molecule has 12 rings (SSSR count). The average Bonchev–Trinajstić information content (AvgIpc) is 1.71. The van der Waals surface area contributed by atoms with Crippen LogP contribution in [0, 0.1) is 57.2 Å². The van der Waals surface area contributed by atoms with Crippen molar-refractivity contribution in [2.75, 3.05) is 44.6 Å². The van der Waals surface area contributed by atoms with E-state index in [0.29, 0.717) is 99.3 Å². The first-order valence-corrected chi connectivity index (χ1v) is 29.4. The van der Waals surface area contributed by atoms with Gasteiger partial charge in [-0.3, -0.25) is 9.59 Å². The van der Waals surface area contributed by atoms with E-state index in [1.54, 1.807) is 60.7 Å². The zero-order valence-corrected chi connectivity index (χ0v) is 55.5. The molecule has 0 aliphatic heterocycles. The number of thiazole rings is 3. The topological polar surface area (TPSA) is 337 Å². The Hall–Kier alpha value is -9.88. The molecule has 0 radical (unpaired) electrons. The Bertz CT molecular complexity index is 4510. The number of carboxylic acids is 2. The van der Waals surface area contributed by atoms with Gasteiger partial charge >= 0.3 is 63.3 Å². The predicted octanol–water partition coefficient (Wildman–Crippen LogP) is 11.7. The maximum atomic E-state index is 13.3. The van der Waals surface area contributed by atoms with Gasteiger partial charge in [0.05, 0.1) is 64.5 Å². The Balaban J connectivity index is 0.000000218. The molecule has 0 spiro atoms. The zero-order chi connectivity index (χ0) is 68.6. The molecule has 18 nitrogen and oxygen atoms in total. The molecule has 0 bridgehead atoms. The van der Waals surface area contributed by atoms with E-state index in [1.807, 2.05) is 24.3 Å². The first kappa shape index (κ1) is 75.8. The first-order chi connectivity index (χ1) is 44.8. The van der Waals surface area contributed by atoms with Crippen LogP contribution < -0.4 is 96.0 Å². The molecule has 12 aromatic rings. The third kappa shape index (κ3) is 23.6. The summed E-state index contributed by atoms with van der Waals surface area (Å²) >= 11 is 7.30. The fourth-order valence-corrected chi connectivity index (χ4v) is 9.84. The molecule has 0 fully saturated rings. The predicted molar refractivity (Wildman–Crippen MR) is 354 cm³/mol. The first-order valence-electron chi connectivity index (χ1n) is 26.5. The quantitative estimate of drug-likeness (QED) is 0.0144. The van der Waals surface area contributed by atoms with Crippen LogP contribution in [-0.2, 0) is 25.7 Å². The van der Waals surface area contributed by atoms with E-state index >= 15 is 0 Å². The van der Waals surface area contributed by atoms with Crippen molar-refractivity contribution in [3.05, 3.63) is 256 Å². The van der Waals surface area contributed by atoms with E-state index in [4.69, 9.17) is 44.1 Å². The number of nitrogen functional groups attached to an aromatic ring is 5. The molecule has 0 unspecified atom stereocenters. The van der Waals surface area contributed by atoms with Gasteiger partial charge in [0.1, 0.15) is 6.29 Å². The fraction of sp³-hybridized carbons (Fsp3) is 0.0312. The van der Waals surface area contributed by atoms with Crippen LogP contribution in [0.3, 0.4) is 0 Å². The fourth-order valence-electron chi connectivity index (χ4n) is 7.37. The van der Waals surface area contributed by atoms with Crippen LogP contribution in [0.4, 0.5) is 79.0 Å². The van der Waals surface area contributed by atoms with E-state index in [0.717, 1.165) is 71.0 Å². The number of halogens is 8. The molecule has 1 amide bonds. The third-order valence-corrected chi connectivity index (χ3v) is 14.9. The standard InChI is InChI=1S/C21H16F2N4OS.C15H10F2N2O2S.C8H6O3.C7H4F2N2S.C6H5F2N.C6H8N2.CHNS.K/c22-14-9-18-19(10-15(14)23)29-21(27-18)25-11-12-5-7-13(8-6-12)20(28)26-17-4-2-1-3-16(17)24;16-10-5-12-13(6-11(10)17)22-15(19-12)18-7-8-1-3-9(4-2-8)14(20)21;9-5-6-1-3-7(4-2-6)8(10)11;8-3-1-5-6(2-4(3)9)12-7(10)11-5;7-5-2-1-4(9)3-6(5)8;7-5-3-1-2-4-6(5)8;2-1-3;/h1-10H,11,24H2,(H,25,27)(H,26,28);1-6H,7H2,(H,18,19)(H,20,21);1-5H,(H,10,11);1-2H,(H2,10,11);1-3H,9H2;1-4H,7-8H2;3H;/q;;;;;;;+1/p-1. The molecule has 95 heavy (non-hydrogen) atoms. The molecule has 0 saturated heterocycles. The van der Waals surface area contributed by atoms with Crippen molar-refractivity contribution in [2.45, 2.75) is 13.1 Å². The minimum absolute atomic E-state index is 0. The minimum atomic E-state index is -0.984. The number of thiocyanates is 1. The minimum Gasteiger partial charge on any atom is -0.696 e. The molecule has 482 valence electrons. The molecule has 31 heteroatoms. The van der Waals surface area contributed by atoms with E-state index < -0.39 is 58.5 Å². The van der Waals surface area contributed by atoms with E-state index in [9.17, 15) is 54.3 Å². The summed E-state index contributed by atoms with van der Waals surface area (Å²) in [6.07, 6.45) is 0.672. The Morgan fingerprint density at radius 1 is 0.484 bits per heavy atom. The summed E-state index contributed by atoms with van der Waals surface area (Å²) in [5, 5.41) is 36.1. The Morgan fingerprint density at radius 3 is 1.24 bits per heavy atom. The molecule has 0 atom stereocenters. The van der Waals surface area contributed by atoms with Gasteiger partial charge in [-0.2, -0.15) is 0 Å². The summed E-state index contributed by atoms with van der Waals surface area (Å²) in [7, 11) is 0. The number of hydrogen-bond acceptors (Lipinski definition) is 19. The summed E-state index contributed by atoms with van der Waals surface area (Å²) in [4.78, 5) is 55.8. The number of amides is 1. The number of nitrogens with zero attached hydrogens (tertiary/aromatic N) is 4. The van der Waals surface area contributed by atoms with Crippen LogP contribution in [0.25, 0.3) is 30.6 Å². The average molecular weight is 1400 g/mol. The number of fused-ring (bicyclic) bond motifs is 3. The smallest absolute Gasteiger partial charge is 0.696 e. The van der Waals surface area contributed by atoms with E-state index in [2.05, 4.69) is 43.5 Å². The molecule has 0 aliphatic rings. The number of benzene rings is 9. The Labute approximate surface area is 594 Å². The summed E-state index contributed by atoms with van der Waals surface area (Å²) < 4.78 is 104. The third-order valence-electron chi connectivity index (χ3n) is 12.1. The van der Waals surface area contributed by atoms with Gasteiger partial charge in [-0.05, 0) is 108 Å². The Morgan fingerprint density at radius 2 is 0.853 bits per heavy atom. The number of hydrogen-bond donors (Lipinski definition) is 10. The molecule has 0 saturated carbocycles. The number of rotatable bonds is 11. The van der Waals surface area contributed by atoms with Crippen molar-refractivity contribution in [1.29, 1.82) is 5.26 Å². The Kier molecular flexibility index (Phi) is 29.6. The van der Waals surface area contributed by atoms with Crippen LogP contribution in [-0.4, -0.2) is 49.3 Å². The second kappa shape index (κ2) is 37.1. The number of nitriles is 1. The number of carbonyl (C=O) groups excluding carboxylic acids is 2. The number of aromatic nitrogens is 3. The van der Waals surface area contributed by atoms with Gasteiger partial charge in [-0.15, -0.1) is 0 Å².